The predicted molar refractivity (Wildman–Crippen MR) is 80.3 cm³/mol. The van der Waals surface area contributed by atoms with Crippen molar-refractivity contribution in [1.82, 2.24) is 0 Å². The van der Waals surface area contributed by atoms with Crippen LogP contribution in [0.1, 0.15) is 16.7 Å². The maximum absolute atomic E-state index is 13.3. The van der Waals surface area contributed by atoms with E-state index in [1.807, 2.05) is 31.2 Å². The molecule has 0 radical (unpaired) electrons. The quantitative estimate of drug-likeness (QED) is 0.668. The first kappa shape index (κ1) is 13.2. The summed E-state index contributed by atoms with van der Waals surface area (Å²) in [5.74, 6) is -0.794. The molecule has 0 aliphatic carbocycles. The predicted octanol–water partition coefficient (Wildman–Crippen LogP) is 2.91. The van der Waals surface area contributed by atoms with Gasteiger partial charge < -0.3 is 5.32 Å². The van der Waals surface area contributed by atoms with Gasteiger partial charge in [-0.05, 0) is 30.7 Å². The summed E-state index contributed by atoms with van der Waals surface area (Å²) < 4.78 is 13.3. The maximum atomic E-state index is 13.3. The summed E-state index contributed by atoms with van der Waals surface area (Å²) >= 11 is 0. The lowest BCUT2D eigenvalue weighted by molar-refractivity contribution is -0.110. The van der Waals surface area contributed by atoms with Crippen molar-refractivity contribution in [3.63, 3.8) is 0 Å². The van der Waals surface area contributed by atoms with Gasteiger partial charge in [0, 0.05) is 5.56 Å². The number of carbonyl (C=O) groups is 1. The van der Waals surface area contributed by atoms with Crippen LogP contribution in [-0.2, 0) is 4.79 Å². The molecule has 4 nitrogen and oxygen atoms in total. The summed E-state index contributed by atoms with van der Waals surface area (Å²) in [5, 5.41) is 10.5. The zero-order valence-corrected chi connectivity index (χ0v) is 11.3. The molecule has 0 saturated heterocycles. The Morgan fingerprint density at radius 1 is 1.19 bits per heavy atom. The number of nitrogens with zero attached hydrogens (tertiary/aromatic N) is 2. The van der Waals surface area contributed by atoms with E-state index >= 15 is 0 Å². The van der Waals surface area contributed by atoms with Gasteiger partial charge in [-0.1, -0.05) is 29.8 Å². The molecule has 2 aromatic rings. The first-order valence-electron chi connectivity index (χ1n) is 6.42. The average Bonchev–Trinajstić information content (AvgIpc) is 2.75. The van der Waals surface area contributed by atoms with Gasteiger partial charge >= 0.3 is 0 Å². The van der Waals surface area contributed by atoms with Gasteiger partial charge in [-0.15, -0.1) is 5.10 Å². The molecule has 1 N–H and O–H groups in total. The molecule has 5 heteroatoms. The van der Waals surface area contributed by atoms with E-state index in [9.17, 15) is 9.18 Å². The van der Waals surface area contributed by atoms with Crippen LogP contribution in [0, 0.1) is 12.7 Å². The van der Waals surface area contributed by atoms with Crippen molar-refractivity contribution in [3.8, 4) is 0 Å². The molecule has 21 heavy (non-hydrogen) atoms. The van der Waals surface area contributed by atoms with Gasteiger partial charge in [0.05, 0.1) is 11.9 Å². The Morgan fingerprint density at radius 3 is 2.86 bits per heavy atom. The van der Waals surface area contributed by atoms with Crippen molar-refractivity contribution in [2.24, 2.45) is 10.2 Å². The van der Waals surface area contributed by atoms with Crippen LogP contribution in [0.25, 0.3) is 0 Å². The van der Waals surface area contributed by atoms with Crippen LogP contribution < -0.4 is 5.32 Å². The molecule has 0 unspecified atom stereocenters. The highest BCUT2D eigenvalue weighted by molar-refractivity contribution is 6.53. The molecular formula is C16H12FN3O. The highest BCUT2D eigenvalue weighted by atomic mass is 19.1. The second-order valence-electron chi connectivity index (χ2n) is 4.75. The van der Waals surface area contributed by atoms with Gasteiger partial charge in [0.2, 0.25) is 0 Å². The highest BCUT2D eigenvalue weighted by Gasteiger charge is 2.26. The van der Waals surface area contributed by atoms with Crippen LogP contribution in [0.4, 0.5) is 10.1 Å². The number of aryl methyl sites for hydroxylation is 1. The van der Waals surface area contributed by atoms with Gasteiger partial charge in [0.25, 0.3) is 5.91 Å². The molecule has 3 rings (SSSR count). The molecular weight excluding hydrogens is 269 g/mol. The van der Waals surface area contributed by atoms with Crippen molar-refractivity contribution >= 4 is 23.5 Å². The van der Waals surface area contributed by atoms with Crippen LogP contribution >= 0.6 is 0 Å². The molecule has 0 saturated carbocycles. The third-order valence-corrected chi connectivity index (χ3v) is 3.11. The number of fused-ring (bicyclic) bond motifs is 1. The Hall–Kier alpha value is -2.82. The number of carbonyl (C=O) groups excluding carboxylic acids is 1. The zero-order valence-electron chi connectivity index (χ0n) is 11.3. The summed E-state index contributed by atoms with van der Waals surface area (Å²) in [6.07, 6.45) is 1.56. The number of amides is 1. The molecule has 0 aromatic heterocycles. The Bertz CT molecular complexity index is 781. The molecule has 0 bridgehead atoms. The van der Waals surface area contributed by atoms with E-state index in [0.29, 0.717) is 11.3 Å². The number of nitrogens with one attached hydrogen (secondary N) is 1. The highest BCUT2D eigenvalue weighted by Crippen LogP contribution is 2.24. The summed E-state index contributed by atoms with van der Waals surface area (Å²) in [6.45, 7) is 1.98. The Morgan fingerprint density at radius 2 is 2.05 bits per heavy atom. The van der Waals surface area contributed by atoms with Crippen molar-refractivity contribution in [2.45, 2.75) is 6.92 Å². The summed E-state index contributed by atoms with van der Waals surface area (Å²) in [5.41, 5.74) is 3.09. The standard InChI is InChI=1S/C16H12FN3O/c1-10-3-2-4-11(7-10)9-18-20-15-13-8-12(17)5-6-14(13)19-16(15)21/h2-9H,1H3,(H,19,20,21)/b18-9+. The van der Waals surface area contributed by atoms with E-state index in [1.54, 1.807) is 6.21 Å². The minimum atomic E-state index is -0.416. The first-order valence-corrected chi connectivity index (χ1v) is 6.42. The topological polar surface area (TPSA) is 53.8 Å². The number of hydrogen-bond acceptors (Lipinski definition) is 3. The van der Waals surface area contributed by atoms with Gasteiger partial charge in [0.1, 0.15) is 5.82 Å². The second kappa shape index (κ2) is 5.28. The smallest absolute Gasteiger partial charge is 0.276 e. The molecule has 1 heterocycles. The summed E-state index contributed by atoms with van der Waals surface area (Å²) in [7, 11) is 0. The summed E-state index contributed by atoms with van der Waals surface area (Å²) in [4.78, 5) is 11.8. The molecule has 0 atom stereocenters. The van der Waals surface area contributed by atoms with Gasteiger partial charge in [0.15, 0.2) is 5.71 Å². The minimum absolute atomic E-state index is 0.119. The van der Waals surface area contributed by atoms with Crippen LogP contribution in [0.5, 0.6) is 0 Å². The van der Waals surface area contributed by atoms with Crippen molar-refractivity contribution < 1.29 is 9.18 Å². The van der Waals surface area contributed by atoms with Crippen LogP contribution in [0.2, 0.25) is 0 Å². The van der Waals surface area contributed by atoms with E-state index in [0.717, 1.165) is 11.1 Å². The molecule has 1 aliphatic heterocycles. The zero-order chi connectivity index (χ0) is 14.8. The number of rotatable bonds is 2. The molecule has 1 amide bonds. The number of halogens is 1. The second-order valence-corrected chi connectivity index (χ2v) is 4.75. The monoisotopic (exact) mass is 281 g/mol. The fourth-order valence-corrected chi connectivity index (χ4v) is 2.13. The molecule has 0 spiro atoms. The lowest BCUT2D eigenvalue weighted by atomic mass is 10.1. The van der Waals surface area contributed by atoms with Crippen molar-refractivity contribution in [3.05, 3.63) is 65.0 Å². The molecule has 0 fully saturated rings. The Kier molecular flexibility index (Phi) is 3.31. The normalized spacial score (nSPS) is 15.5. The lowest BCUT2D eigenvalue weighted by Gasteiger charge is -1.96. The number of benzene rings is 2. The molecule has 2 aromatic carbocycles. The fraction of sp³-hybridized carbons (Fsp3) is 0.0625. The Balaban J connectivity index is 1.91. The van der Waals surface area contributed by atoms with Crippen LogP contribution in [-0.4, -0.2) is 17.8 Å². The Labute approximate surface area is 121 Å². The van der Waals surface area contributed by atoms with Crippen LogP contribution in [0.15, 0.2) is 52.7 Å². The van der Waals surface area contributed by atoms with Crippen molar-refractivity contribution in [1.29, 1.82) is 0 Å². The van der Waals surface area contributed by atoms with E-state index in [1.165, 1.54) is 18.2 Å². The summed E-state index contributed by atoms with van der Waals surface area (Å²) in [6, 6.07) is 11.8. The molecule has 104 valence electrons. The van der Waals surface area contributed by atoms with E-state index in [-0.39, 0.29) is 11.6 Å². The van der Waals surface area contributed by atoms with Gasteiger partial charge in [-0.3, -0.25) is 4.79 Å². The average molecular weight is 281 g/mol. The van der Waals surface area contributed by atoms with Crippen LogP contribution in [0.3, 0.4) is 0 Å². The largest absolute Gasteiger partial charge is 0.320 e. The minimum Gasteiger partial charge on any atom is -0.320 e. The third kappa shape index (κ3) is 2.72. The number of anilines is 1. The van der Waals surface area contributed by atoms with E-state index in [4.69, 9.17) is 0 Å². The molecule has 1 aliphatic rings. The first-order chi connectivity index (χ1) is 10.1. The fourth-order valence-electron chi connectivity index (χ4n) is 2.13. The number of hydrogen-bond donors (Lipinski definition) is 1. The van der Waals surface area contributed by atoms with Crippen molar-refractivity contribution in [2.75, 3.05) is 5.32 Å². The van der Waals surface area contributed by atoms with E-state index < -0.39 is 5.82 Å². The van der Waals surface area contributed by atoms with Gasteiger partial charge in [-0.25, -0.2) is 4.39 Å². The van der Waals surface area contributed by atoms with E-state index in [2.05, 4.69) is 15.5 Å². The third-order valence-electron chi connectivity index (χ3n) is 3.11. The van der Waals surface area contributed by atoms with Gasteiger partial charge in [-0.2, -0.15) is 5.10 Å². The maximum Gasteiger partial charge on any atom is 0.276 e. The lowest BCUT2D eigenvalue weighted by Crippen LogP contribution is -2.13. The SMILES string of the molecule is Cc1cccc(/C=N/N=C2\C(=O)Nc3ccc(F)cc32)c1.